The Hall–Kier alpha value is -3.30. The summed E-state index contributed by atoms with van der Waals surface area (Å²) in [5, 5.41) is 23.5. The number of amides is 1. The Morgan fingerprint density at radius 2 is 2.05 bits per heavy atom. The first-order valence-corrected chi connectivity index (χ1v) is 14.7. The van der Waals surface area contributed by atoms with Crippen LogP contribution < -0.4 is 4.74 Å². The summed E-state index contributed by atoms with van der Waals surface area (Å²) >= 11 is 0. The van der Waals surface area contributed by atoms with Gasteiger partial charge >= 0.3 is 6.18 Å². The van der Waals surface area contributed by atoms with Crippen LogP contribution in [0.15, 0.2) is 55.1 Å². The van der Waals surface area contributed by atoms with Crippen molar-refractivity contribution in [3.05, 3.63) is 77.4 Å². The zero-order valence-corrected chi connectivity index (χ0v) is 23.9. The van der Waals surface area contributed by atoms with Crippen LogP contribution in [0.2, 0.25) is 0 Å². The second-order valence-electron chi connectivity index (χ2n) is 12.6. The molecule has 6 nitrogen and oxygen atoms in total. The summed E-state index contributed by atoms with van der Waals surface area (Å²) in [6, 6.07) is 7.88. The first kappa shape index (κ1) is 28.8. The standard InChI is InChI=1S/C33H37F3N2O4/c1-4-15-37-16-14-31-28-22-9-10-25(39)29(28)42-30(31)24(12-13-32(31,41)26(37)18-22)38(19-20(2)3)27(40)11-8-21-6-5-7-23(17-21)33(34,35)36/h4-11,17,20,24,26,30,39,41H,1,12-16,18-19H2,2-3H3/t24-,26+,30-,31-,32+/m0/s1. The summed E-state index contributed by atoms with van der Waals surface area (Å²) < 4.78 is 46.4. The number of nitrogens with zero attached hydrogens (tertiary/aromatic N) is 2. The van der Waals surface area contributed by atoms with Crippen molar-refractivity contribution in [2.45, 2.75) is 74.9 Å². The molecule has 2 bridgehead atoms. The molecule has 2 aromatic rings. The van der Waals surface area contributed by atoms with Crippen molar-refractivity contribution in [2.24, 2.45) is 5.92 Å². The van der Waals surface area contributed by atoms with Gasteiger partial charge in [-0.2, -0.15) is 13.2 Å². The number of aromatic hydroxyl groups is 1. The van der Waals surface area contributed by atoms with E-state index in [9.17, 15) is 28.2 Å². The molecule has 2 heterocycles. The van der Waals surface area contributed by atoms with E-state index < -0.39 is 34.9 Å². The molecule has 2 aliphatic carbocycles. The van der Waals surface area contributed by atoms with E-state index in [1.165, 1.54) is 24.3 Å². The van der Waals surface area contributed by atoms with Gasteiger partial charge in [0.05, 0.1) is 22.6 Å². The first-order valence-electron chi connectivity index (χ1n) is 14.7. The van der Waals surface area contributed by atoms with Crippen molar-refractivity contribution >= 4 is 12.0 Å². The van der Waals surface area contributed by atoms with Gasteiger partial charge in [0.15, 0.2) is 11.5 Å². The number of alkyl halides is 3. The summed E-state index contributed by atoms with van der Waals surface area (Å²) in [5.41, 5.74) is -0.513. The number of phenols is 1. The lowest BCUT2D eigenvalue weighted by Gasteiger charge is -2.64. The molecule has 1 spiro atoms. The van der Waals surface area contributed by atoms with E-state index in [-0.39, 0.29) is 29.2 Å². The highest BCUT2D eigenvalue weighted by molar-refractivity contribution is 5.92. The predicted octanol–water partition coefficient (Wildman–Crippen LogP) is 5.32. The molecule has 2 fully saturated rings. The number of aliphatic hydroxyl groups is 1. The molecule has 224 valence electrons. The fraction of sp³-hybridized carbons (Fsp3) is 0.485. The van der Waals surface area contributed by atoms with Gasteiger partial charge < -0.3 is 19.8 Å². The third-order valence-electron chi connectivity index (χ3n) is 9.78. The number of phenolic OH excluding ortho intramolecular Hbond substituents is 1. The molecule has 42 heavy (non-hydrogen) atoms. The van der Waals surface area contributed by atoms with E-state index in [1.54, 1.807) is 11.0 Å². The van der Waals surface area contributed by atoms with Crippen LogP contribution in [0, 0.1) is 5.92 Å². The Balaban J connectivity index is 1.39. The quantitative estimate of drug-likeness (QED) is 0.342. The number of benzene rings is 2. The van der Waals surface area contributed by atoms with Gasteiger partial charge in [-0.25, -0.2) is 0 Å². The Labute approximate surface area is 244 Å². The normalized spacial score (nSPS) is 29.8. The Morgan fingerprint density at radius 1 is 1.26 bits per heavy atom. The molecule has 5 atom stereocenters. The third-order valence-corrected chi connectivity index (χ3v) is 9.78. The Bertz CT molecular complexity index is 1440. The van der Waals surface area contributed by atoms with Gasteiger partial charge in [0.1, 0.15) is 6.10 Å². The molecule has 6 rings (SSSR count). The van der Waals surface area contributed by atoms with Crippen molar-refractivity contribution in [2.75, 3.05) is 19.6 Å². The van der Waals surface area contributed by atoms with Gasteiger partial charge in [-0.05, 0) is 73.5 Å². The van der Waals surface area contributed by atoms with Gasteiger partial charge in [-0.15, -0.1) is 6.58 Å². The maximum atomic E-state index is 13.8. The number of hydrogen-bond donors (Lipinski definition) is 2. The van der Waals surface area contributed by atoms with Crippen LogP contribution >= 0.6 is 0 Å². The summed E-state index contributed by atoms with van der Waals surface area (Å²) in [5.74, 6) is 0.204. The second kappa shape index (κ2) is 10.2. The van der Waals surface area contributed by atoms with Crippen LogP contribution in [-0.2, 0) is 22.8 Å². The van der Waals surface area contributed by atoms with Crippen LogP contribution in [0.25, 0.3) is 6.08 Å². The fourth-order valence-corrected chi connectivity index (χ4v) is 8.17. The third kappa shape index (κ3) is 4.27. The average molecular weight is 583 g/mol. The van der Waals surface area contributed by atoms with Crippen LogP contribution in [0.5, 0.6) is 11.5 Å². The molecule has 1 saturated heterocycles. The van der Waals surface area contributed by atoms with Crippen molar-refractivity contribution in [3.63, 3.8) is 0 Å². The monoisotopic (exact) mass is 582 g/mol. The number of carbonyl (C=O) groups excluding carboxylic acids is 1. The topological polar surface area (TPSA) is 73.2 Å². The summed E-state index contributed by atoms with van der Waals surface area (Å²) in [6.45, 7) is 9.71. The summed E-state index contributed by atoms with van der Waals surface area (Å²) in [4.78, 5) is 17.9. The SMILES string of the molecule is C=CCN1CC[C@]23c4c5ccc(O)c4O[C@H]2[C@@H](N(CC(C)C)C(=O)C=Cc2cccc(C(F)(F)F)c2)CC[C@@]3(O)[C@H]1C5. The number of rotatable bonds is 7. The van der Waals surface area contributed by atoms with Crippen LogP contribution in [-0.4, -0.2) is 69.3 Å². The highest BCUT2D eigenvalue weighted by atomic mass is 19.4. The lowest BCUT2D eigenvalue weighted by Crippen LogP contribution is -2.78. The fourth-order valence-electron chi connectivity index (χ4n) is 8.17. The zero-order valence-electron chi connectivity index (χ0n) is 23.9. The lowest BCUT2D eigenvalue weighted by molar-refractivity contribution is -0.199. The summed E-state index contributed by atoms with van der Waals surface area (Å²) in [7, 11) is 0. The maximum absolute atomic E-state index is 13.8. The molecule has 2 N–H and O–H groups in total. The molecule has 2 aliphatic heterocycles. The molecule has 2 aromatic carbocycles. The van der Waals surface area contributed by atoms with E-state index in [1.807, 2.05) is 26.0 Å². The number of piperidine rings is 1. The van der Waals surface area contributed by atoms with Gasteiger partial charge in [0.25, 0.3) is 0 Å². The van der Waals surface area contributed by atoms with Crippen LogP contribution in [0.3, 0.4) is 0 Å². The first-order chi connectivity index (χ1) is 19.9. The largest absolute Gasteiger partial charge is 0.504 e. The maximum Gasteiger partial charge on any atom is 0.416 e. The molecule has 9 heteroatoms. The number of halogens is 3. The van der Waals surface area contributed by atoms with E-state index in [0.29, 0.717) is 51.1 Å². The lowest BCUT2D eigenvalue weighted by atomic mass is 9.48. The molecule has 0 radical (unpaired) electrons. The molecule has 1 saturated carbocycles. The van der Waals surface area contributed by atoms with Gasteiger partial charge in [0, 0.05) is 30.8 Å². The Kier molecular flexibility index (Phi) is 6.97. The predicted molar refractivity (Wildman–Crippen MR) is 153 cm³/mol. The number of likely N-dealkylation sites (tertiary alicyclic amines) is 1. The Morgan fingerprint density at radius 3 is 2.76 bits per heavy atom. The molecule has 0 aromatic heterocycles. The van der Waals surface area contributed by atoms with E-state index in [2.05, 4.69) is 11.5 Å². The smallest absolute Gasteiger partial charge is 0.416 e. The van der Waals surface area contributed by atoms with Crippen LogP contribution in [0.4, 0.5) is 13.2 Å². The van der Waals surface area contributed by atoms with Crippen molar-refractivity contribution in [3.8, 4) is 11.5 Å². The molecule has 1 amide bonds. The molecule has 0 unspecified atom stereocenters. The number of hydrogen-bond acceptors (Lipinski definition) is 5. The average Bonchev–Trinajstić information content (AvgIpc) is 3.29. The molecular weight excluding hydrogens is 545 g/mol. The minimum absolute atomic E-state index is 0.0248. The number of ether oxygens (including phenoxy) is 1. The molecule has 4 aliphatic rings. The van der Waals surface area contributed by atoms with Crippen molar-refractivity contribution < 1.29 is 32.9 Å². The van der Waals surface area contributed by atoms with E-state index >= 15 is 0 Å². The van der Waals surface area contributed by atoms with Gasteiger partial charge in [-0.3, -0.25) is 9.69 Å². The van der Waals surface area contributed by atoms with Crippen molar-refractivity contribution in [1.29, 1.82) is 0 Å². The highest BCUT2D eigenvalue weighted by Crippen LogP contribution is 2.65. The second-order valence-corrected chi connectivity index (χ2v) is 12.6. The van der Waals surface area contributed by atoms with Crippen molar-refractivity contribution in [1.82, 2.24) is 9.80 Å². The summed E-state index contributed by atoms with van der Waals surface area (Å²) in [6.07, 6.45) is 1.70. The number of carbonyl (C=O) groups is 1. The van der Waals surface area contributed by atoms with Gasteiger partial charge in [-0.1, -0.05) is 38.1 Å². The van der Waals surface area contributed by atoms with E-state index in [0.717, 1.165) is 23.3 Å². The van der Waals surface area contributed by atoms with Gasteiger partial charge in [0.2, 0.25) is 5.91 Å². The minimum Gasteiger partial charge on any atom is -0.504 e. The van der Waals surface area contributed by atoms with E-state index in [4.69, 9.17) is 4.74 Å². The van der Waals surface area contributed by atoms with Crippen LogP contribution in [0.1, 0.15) is 55.4 Å². The minimum atomic E-state index is -4.48. The molecular formula is C33H37F3N2O4. The highest BCUT2D eigenvalue weighted by Gasteiger charge is 2.73. The zero-order chi connectivity index (χ0) is 30.0.